The van der Waals surface area contributed by atoms with E-state index in [2.05, 4.69) is 9.97 Å². The van der Waals surface area contributed by atoms with Crippen molar-refractivity contribution in [3.05, 3.63) is 42.1 Å². The summed E-state index contributed by atoms with van der Waals surface area (Å²) in [5.41, 5.74) is 6.52. The number of aromatic nitrogens is 2. The molecule has 1 aromatic heterocycles. The minimum atomic E-state index is -0.516. The number of anilines is 1. The molecule has 0 unspecified atom stereocenters. The second-order valence-electron chi connectivity index (χ2n) is 3.30. The van der Waals surface area contributed by atoms with Gasteiger partial charge in [0.1, 0.15) is 6.33 Å². The molecule has 2 N–H and O–H groups in total. The van der Waals surface area contributed by atoms with Crippen molar-refractivity contribution in [3.8, 4) is 11.6 Å². The summed E-state index contributed by atoms with van der Waals surface area (Å²) in [7, 11) is 0. The van der Waals surface area contributed by atoms with Crippen LogP contribution < -0.4 is 10.5 Å². The highest BCUT2D eigenvalue weighted by Crippen LogP contribution is 2.25. The van der Waals surface area contributed by atoms with Crippen molar-refractivity contribution in [1.82, 2.24) is 9.97 Å². The molecule has 96 valence electrons. The number of nitrogen functional groups attached to an aromatic ring is 1. The van der Waals surface area contributed by atoms with Gasteiger partial charge in [0.15, 0.2) is 11.6 Å². The van der Waals surface area contributed by atoms with Crippen LogP contribution >= 0.6 is 0 Å². The van der Waals surface area contributed by atoms with Crippen molar-refractivity contribution in [2.45, 2.75) is 20.8 Å². The van der Waals surface area contributed by atoms with Gasteiger partial charge in [0, 0.05) is 23.5 Å². The number of ether oxygens (including phenoxy) is 1. The molecular weight excluding hydrogens is 233 g/mol. The normalized spacial score (nSPS) is 9.33. The Labute approximate surface area is 106 Å². The van der Waals surface area contributed by atoms with Gasteiger partial charge in [-0.25, -0.2) is 14.4 Å². The summed E-state index contributed by atoms with van der Waals surface area (Å²) >= 11 is 0. The molecule has 2 aromatic rings. The summed E-state index contributed by atoms with van der Waals surface area (Å²) < 4.78 is 18.7. The minimum absolute atomic E-state index is 0.0935. The molecule has 0 radical (unpaired) electrons. The Hall–Kier alpha value is -2.17. The van der Waals surface area contributed by atoms with Crippen molar-refractivity contribution in [1.29, 1.82) is 0 Å². The maximum Gasteiger partial charge on any atom is 0.225 e. The fourth-order valence-corrected chi connectivity index (χ4v) is 1.20. The van der Waals surface area contributed by atoms with Crippen molar-refractivity contribution in [2.75, 3.05) is 5.73 Å². The molecule has 0 saturated carbocycles. The van der Waals surface area contributed by atoms with E-state index in [1.165, 1.54) is 18.5 Å². The lowest BCUT2D eigenvalue weighted by Crippen LogP contribution is -1.95. The van der Waals surface area contributed by atoms with Gasteiger partial charge in [-0.3, -0.25) is 0 Å². The summed E-state index contributed by atoms with van der Waals surface area (Å²) in [4.78, 5) is 7.72. The van der Waals surface area contributed by atoms with Crippen molar-refractivity contribution in [3.63, 3.8) is 0 Å². The first kappa shape index (κ1) is 13.9. The second kappa shape index (κ2) is 6.54. The van der Waals surface area contributed by atoms with Crippen molar-refractivity contribution >= 4 is 5.69 Å². The van der Waals surface area contributed by atoms with E-state index in [1.807, 2.05) is 13.8 Å². The van der Waals surface area contributed by atoms with E-state index in [4.69, 9.17) is 10.5 Å². The molecule has 0 spiro atoms. The van der Waals surface area contributed by atoms with E-state index < -0.39 is 5.82 Å². The topological polar surface area (TPSA) is 61.0 Å². The Balaban J connectivity index is 0.000000771. The minimum Gasteiger partial charge on any atom is -0.436 e. The first-order chi connectivity index (χ1) is 8.66. The summed E-state index contributed by atoms with van der Waals surface area (Å²) in [6.07, 6.45) is 2.94. The summed E-state index contributed by atoms with van der Waals surface area (Å²) in [6.45, 7) is 5.78. The number of halogens is 1. The smallest absolute Gasteiger partial charge is 0.225 e. The number of hydrogen-bond acceptors (Lipinski definition) is 4. The summed E-state index contributed by atoms with van der Waals surface area (Å²) in [5.74, 6) is -0.0901. The van der Waals surface area contributed by atoms with Crippen LogP contribution in [0.15, 0.2) is 30.7 Å². The predicted molar refractivity (Wildman–Crippen MR) is 69.0 cm³/mol. The monoisotopic (exact) mass is 249 g/mol. The van der Waals surface area contributed by atoms with Gasteiger partial charge in [-0.2, -0.15) is 0 Å². The van der Waals surface area contributed by atoms with Gasteiger partial charge in [-0.1, -0.05) is 13.8 Å². The Morgan fingerprint density at radius 3 is 2.61 bits per heavy atom. The third kappa shape index (κ3) is 3.41. The van der Waals surface area contributed by atoms with Crippen LogP contribution in [0.4, 0.5) is 10.1 Å². The highest BCUT2D eigenvalue weighted by molar-refractivity contribution is 5.44. The Morgan fingerprint density at radius 1 is 1.28 bits per heavy atom. The third-order valence-electron chi connectivity index (χ3n) is 2.01. The standard InChI is InChI=1S/C11H10FN3O.C2H6/c1-7-5-14-6-15-11(7)16-10-3-2-8(13)4-9(10)12;1-2/h2-6H,13H2,1H3;1-2H3. The molecule has 18 heavy (non-hydrogen) atoms. The summed E-state index contributed by atoms with van der Waals surface area (Å²) in [6, 6.07) is 4.23. The van der Waals surface area contributed by atoms with E-state index in [9.17, 15) is 4.39 Å². The van der Waals surface area contributed by atoms with E-state index in [1.54, 1.807) is 19.2 Å². The van der Waals surface area contributed by atoms with Gasteiger partial charge >= 0.3 is 0 Å². The average molecular weight is 249 g/mol. The Bertz CT molecular complexity index is 517. The van der Waals surface area contributed by atoms with Gasteiger partial charge in [0.25, 0.3) is 0 Å². The molecule has 0 atom stereocenters. The van der Waals surface area contributed by atoms with Gasteiger partial charge in [0.2, 0.25) is 5.88 Å². The number of rotatable bonds is 2. The van der Waals surface area contributed by atoms with Gasteiger partial charge in [0.05, 0.1) is 0 Å². The van der Waals surface area contributed by atoms with Crippen LogP contribution in [0.1, 0.15) is 19.4 Å². The lowest BCUT2D eigenvalue weighted by Gasteiger charge is -2.07. The molecule has 0 aliphatic heterocycles. The second-order valence-corrected chi connectivity index (χ2v) is 3.30. The zero-order chi connectivity index (χ0) is 13.5. The number of benzene rings is 1. The van der Waals surface area contributed by atoms with Crippen LogP contribution in [-0.4, -0.2) is 9.97 Å². The first-order valence-electron chi connectivity index (χ1n) is 5.66. The lowest BCUT2D eigenvalue weighted by molar-refractivity contribution is 0.423. The molecule has 1 aromatic carbocycles. The quantitative estimate of drug-likeness (QED) is 0.829. The zero-order valence-electron chi connectivity index (χ0n) is 10.6. The molecule has 0 aliphatic rings. The number of nitrogens with two attached hydrogens (primary N) is 1. The molecule has 0 amide bonds. The fraction of sp³-hybridized carbons (Fsp3) is 0.231. The molecular formula is C13H16FN3O. The van der Waals surface area contributed by atoms with Crippen LogP contribution in [0.2, 0.25) is 0 Å². The highest BCUT2D eigenvalue weighted by Gasteiger charge is 2.07. The van der Waals surface area contributed by atoms with E-state index in [0.717, 1.165) is 5.56 Å². The van der Waals surface area contributed by atoms with Crippen LogP contribution in [0.5, 0.6) is 11.6 Å². The number of hydrogen-bond donors (Lipinski definition) is 1. The molecule has 4 nitrogen and oxygen atoms in total. The van der Waals surface area contributed by atoms with E-state index in [-0.39, 0.29) is 5.75 Å². The molecule has 1 heterocycles. The Kier molecular flexibility index (Phi) is 5.05. The van der Waals surface area contributed by atoms with Crippen molar-refractivity contribution in [2.24, 2.45) is 0 Å². The van der Waals surface area contributed by atoms with Crippen LogP contribution in [-0.2, 0) is 0 Å². The van der Waals surface area contributed by atoms with Crippen molar-refractivity contribution < 1.29 is 9.13 Å². The van der Waals surface area contributed by atoms with Gasteiger partial charge in [-0.15, -0.1) is 0 Å². The number of nitrogens with zero attached hydrogens (tertiary/aromatic N) is 2. The maximum absolute atomic E-state index is 13.4. The van der Waals surface area contributed by atoms with E-state index >= 15 is 0 Å². The third-order valence-corrected chi connectivity index (χ3v) is 2.01. The molecule has 0 fully saturated rings. The largest absolute Gasteiger partial charge is 0.436 e. The van der Waals surface area contributed by atoms with Gasteiger partial charge < -0.3 is 10.5 Å². The Morgan fingerprint density at radius 2 is 2.00 bits per heavy atom. The maximum atomic E-state index is 13.4. The van der Waals surface area contributed by atoms with E-state index in [0.29, 0.717) is 11.6 Å². The predicted octanol–water partition coefficient (Wildman–Crippen LogP) is 3.32. The lowest BCUT2D eigenvalue weighted by atomic mass is 10.3. The fourth-order valence-electron chi connectivity index (χ4n) is 1.20. The molecule has 0 saturated heterocycles. The van der Waals surface area contributed by atoms with Crippen LogP contribution in [0, 0.1) is 12.7 Å². The highest BCUT2D eigenvalue weighted by atomic mass is 19.1. The summed E-state index contributed by atoms with van der Waals surface area (Å²) in [5, 5.41) is 0. The van der Waals surface area contributed by atoms with Crippen LogP contribution in [0.3, 0.4) is 0 Å². The molecule has 2 rings (SSSR count). The zero-order valence-corrected chi connectivity index (χ0v) is 10.6. The average Bonchev–Trinajstić information content (AvgIpc) is 2.38. The number of aryl methyl sites for hydroxylation is 1. The molecule has 0 bridgehead atoms. The first-order valence-corrected chi connectivity index (χ1v) is 5.66. The molecule has 0 aliphatic carbocycles. The SMILES string of the molecule is CC.Cc1cncnc1Oc1ccc(N)cc1F. The van der Waals surface area contributed by atoms with Crippen LogP contribution in [0.25, 0.3) is 0 Å². The molecule has 5 heteroatoms. The van der Waals surface area contributed by atoms with Gasteiger partial charge in [-0.05, 0) is 19.1 Å².